The van der Waals surface area contributed by atoms with Crippen LogP contribution in [0.2, 0.25) is 0 Å². The summed E-state index contributed by atoms with van der Waals surface area (Å²) in [5.41, 5.74) is 0. The van der Waals surface area contributed by atoms with Gasteiger partial charge in [-0.25, -0.2) is 4.57 Å². The van der Waals surface area contributed by atoms with Crippen LogP contribution in [0.15, 0.2) is 0 Å². The molecule has 3 N–H and O–H groups in total. The Bertz CT molecular complexity index is 79.0. The Morgan fingerprint density at radius 2 is 0.818 bits per heavy atom. The number of rotatable bonds is 0. The molecule has 0 radical (unpaired) electrons. The molecule has 0 bridgehead atoms. The normalized spacial score (nSPS) is 5.36. The topological polar surface area (TPSA) is 77.8 Å². The molecule has 0 aromatic rings. The first-order valence-electron chi connectivity index (χ1n) is 0.783. The first-order valence-corrected chi connectivity index (χ1v) is 2.35. The first-order chi connectivity index (χ1) is 2.00. The van der Waals surface area contributed by atoms with Crippen LogP contribution in [-0.4, -0.2) is 14.7 Å². The third-order valence-corrected chi connectivity index (χ3v) is 0. The van der Waals surface area contributed by atoms with Gasteiger partial charge in [-0.15, -0.1) is 12.4 Å². The zero-order valence-electron chi connectivity index (χ0n) is 12.6. The molecule has 0 rings (SSSR count). The molecule has 4 nitrogen and oxygen atoms in total. The van der Waals surface area contributed by atoms with E-state index in [0.717, 1.165) is 0 Å². The zero-order chi connectivity index (χ0) is 4.50. The minimum Gasteiger partial charge on any atom is -1.00 e. The predicted octanol–water partition coefficient (Wildman–Crippen LogP) is -14.9. The molecule has 0 unspecified atom stereocenters. The second kappa shape index (κ2) is 27.0. The smallest absolute Gasteiger partial charge is 1.00 e. The standard InChI is InChI=1S/ClH.5K.H3O4P.5H/c;;;;;;1-5(2,3)4;;;;;/h1H;;;;;;(H3,1,2,3,4);;;;;/q;5*+1;;5*-1. The Morgan fingerprint density at radius 3 is 0.818 bits per heavy atom. The fraction of sp³-hybridized carbons (Fsp3) is 0. The zero-order valence-corrected chi connectivity index (χ0v) is 24.9. The van der Waals surface area contributed by atoms with Gasteiger partial charge in [0.2, 0.25) is 0 Å². The van der Waals surface area contributed by atoms with Crippen molar-refractivity contribution in [3.05, 3.63) is 0 Å². The SMILES string of the molecule is Cl.O=P(O)(O)O.[H-].[H-].[H-].[H-].[H-].[K+].[K+].[K+].[K+].[K+]. The molecule has 0 aliphatic rings. The molecule has 11 heteroatoms. The molecule has 0 saturated heterocycles. The summed E-state index contributed by atoms with van der Waals surface area (Å²) < 4.78 is 8.88. The van der Waals surface area contributed by atoms with E-state index in [4.69, 9.17) is 19.2 Å². The molecule has 0 spiro atoms. The predicted molar refractivity (Wildman–Crippen MR) is 27.1 cm³/mol. The van der Waals surface area contributed by atoms with Gasteiger partial charge in [-0.2, -0.15) is 0 Å². The number of phosphoric acid groups is 1. The van der Waals surface area contributed by atoms with Crippen molar-refractivity contribution in [3.63, 3.8) is 0 Å². The molecule has 50 valence electrons. The van der Waals surface area contributed by atoms with Gasteiger partial charge in [0, 0.05) is 0 Å². The van der Waals surface area contributed by atoms with Crippen LogP contribution in [0.25, 0.3) is 0 Å². The van der Waals surface area contributed by atoms with Crippen molar-refractivity contribution in [1.29, 1.82) is 0 Å². The van der Waals surface area contributed by atoms with Crippen molar-refractivity contribution in [2.45, 2.75) is 0 Å². The van der Waals surface area contributed by atoms with E-state index in [1.165, 1.54) is 0 Å². The van der Waals surface area contributed by atoms with Gasteiger partial charge in [-0.1, -0.05) is 0 Å². The quantitative estimate of drug-likeness (QED) is 0.304. The maximum atomic E-state index is 8.88. The average molecular weight is 335 g/mol. The van der Waals surface area contributed by atoms with Gasteiger partial charge in [0.25, 0.3) is 0 Å². The van der Waals surface area contributed by atoms with Gasteiger partial charge in [-0.3, -0.25) is 0 Å². The molecular formula is H9ClK5O4P. The monoisotopic (exact) mass is 334 g/mol. The van der Waals surface area contributed by atoms with E-state index in [2.05, 4.69) is 0 Å². The maximum absolute atomic E-state index is 8.88. The third-order valence-electron chi connectivity index (χ3n) is 0. The van der Waals surface area contributed by atoms with Crippen LogP contribution >= 0.6 is 20.2 Å². The molecule has 0 aliphatic heterocycles. The molecule has 0 heterocycles. The number of halogens is 1. The molecule has 0 fully saturated rings. The molecule has 0 saturated carbocycles. The van der Waals surface area contributed by atoms with Crippen LogP contribution in [0.1, 0.15) is 7.13 Å². The van der Waals surface area contributed by atoms with Crippen LogP contribution in [-0.2, 0) is 4.57 Å². The fourth-order valence-electron chi connectivity index (χ4n) is 0. The summed E-state index contributed by atoms with van der Waals surface area (Å²) in [6.07, 6.45) is 0. The Hall–Kier alpha value is 8.58. The minimum atomic E-state index is -4.64. The Morgan fingerprint density at radius 1 is 0.818 bits per heavy atom. The molecule has 0 aromatic carbocycles. The number of hydrogen-bond donors (Lipinski definition) is 3. The Labute approximate surface area is 292 Å². The van der Waals surface area contributed by atoms with Crippen LogP contribution in [0.5, 0.6) is 0 Å². The summed E-state index contributed by atoms with van der Waals surface area (Å²) in [6.45, 7) is 0. The van der Waals surface area contributed by atoms with E-state index >= 15 is 0 Å². The van der Waals surface area contributed by atoms with E-state index < -0.39 is 7.82 Å². The van der Waals surface area contributed by atoms with Crippen LogP contribution < -0.4 is 257 Å². The Balaban J connectivity index is -0.00000000145. The van der Waals surface area contributed by atoms with Gasteiger partial charge in [-0.05, 0) is 0 Å². The van der Waals surface area contributed by atoms with E-state index in [-0.39, 0.29) is 276 Å². The van der Waals surface area contributed by atoms with E-state index in [9.17, 15) is 0 Å². The fourth-order valence-corrected chi connectivity index (χ4v) is 0. The molecule has 0 amide bonds. The van der Waals surface area contributed by atoms with Crippen molar-refractivity contribution in [1.82, 2.24) is 0 Å². The molecule has 0 aliphatic carbocycles. The van der Waals surface area contributed by atoms with Crippen molar-refractivity contribution < 1.29 is 283 Å². The molecule has 11 heavy (non-hydrogen) atoms. The van der Waals surface area contributed by atoms with Crippen LogP contribution in [0.3, 0.4) is 0 Å². The largest absolute Gasteiger partial charge is 1.00 e. The van der Waals surface area contributed by atoms with Gasteiger partial charge in [0.1, 0.15) is 0 Å². The summed E-state index contributed by atoms with van der Waals surface area (Å²) in [4.78, 5) is 21.6. The average Bonchev–Trinajstić information content (AvgIpc) is 0.722. The summed E-state index contributed by atoms with van der Waals surface area (Å²) in [7, 11) is -4.64. The van der Waals surface area contributed by atoms with E-state index in [1.807, 2.05) is 0 Å². The van der Waals surface area contributed by atoms with Crippen molar-refractivity contribution in [3.8, 4) is 0 Å². The van der Waals surface area contributed by atoms with Crippen LogP contribution in [0.4, 0.5) is 0 Å². The molecule has 0 aromatic heterocycles. The second-order valence-corrected chi connectivity index (χ2v) is 1.54. The molecular weight excluding hydrogens is 326 g/mol. The summed E-state index contributed by atoms with van der Waals surface area (Å²) in [6, 6.07) is 0. The van der Waals surface area contributed by atoms with Gasteiger partial charge in [0.15, 0.2) is 0 Å². The number of hydrogen-bond acceptors (Lipinski definition) is 1. The maximum Gasteiger partial charge on any atom is 1.00 e. The summed E-state index contributed by atoms with van der Waals surface area (Å²) in [5, 5.41) is 0. The van der Waals surface area contributed by atoms with Gasteiger partial charge < -0.3 is 21.8 Å². The second-order valence-electron chi connectivity index (χ2n) is 0.513. The summed E-state index contributed by atoms with van der Waals surface area (Å²) in [5.74, 6) is 0. The van der Waals surface area contributed by atoms with E-state index in [1.54, 1.807) is 0 Å². The Kier molecular flexibility index (Phi) is 105. The summed E-state index contributed by atoms with van der Waals surface area (Å²) >= 11 is 0. The van der Waals surface area contributed by atoms with Crippen molar-refractivity contribution in [2.24, 2.45) is 0 Å². The molecule has 0 atom stereocenters. The van der Waals surface area contributed by atoms with Crippen molar-refractivity contribution >= 4 is 20.2 Å². The minimum absolute atomic E-state index is 0. The van der Waals surface area contributed by atoms with E-state index in [0.29, 0.717) is 0 Å². The van der Waals surface area contributed by atoms with Gasteiger partial charge in [0.05, 0.1) is 0 Å². The van der Waals surface area contributed by atoms with Crippen LogP contribution in [0, 0.1) is 0 Å². The third kappa shape index (κ3) is 69.4. The van der Waals surface area contributed by atoms with Gasteiger partial charge >= 0.3 is 265 Å². The first kappa shape index (κ1) is 42.7. The van der Waals surface area contributed by atoms with Crippen molar-refractivity contribution in [2.75, 3.05) is 0 Å².